The molecular weight excluding hydrogens is 284 g/mol. The zero-order chi connectivity index (χ0) is 15.7. The summed E-state index contributed by atoms with van der Waals surface area (Å²) in [7, 11) is 3.10. The van der Waals surface area contributed by atoms with E-state index >= 15 is 0 Å². The number of hydrogen-bond acceptors (Lipinski definition) is 5. The molecule has 1 aromatic rings. The summed E-state index contributed by atoms with van der Waals surface area (Å²) in [5.41, 5.74) is 2.09. The number of hydrazone groups is 1. The number of likely N-dealkylation sites (N-methyl/N-ethyl adjacent to an activating group) is 2. The fraction of sp³-hybridized carbons (Fsp3) is 0.286. The van der Waals surface area contributed by atoms with Crippen molar-refractivity contribution in [1.82, 2.24) is 20.5 Å². The van der Waals surface area contributed by atoms with Gasteiger partial charge in [-0.3, -0.25) is 20.0 Å². The molecule has 2 N–H and O–H groups in total. The number of carbonyl (C=O) groups is 2. The standard InChI is InChI=1S/C14H16N6O2/c1-19-11-14(16-9-17-18-11,20(2)13(19)22)12(21)15-8-10-6-4-3-5-7-10/h3-7,9H,8H2,1-2H3,(H,15,21)(H,16,17). The average Bonchev–Trinajstić information content (AvgIpc) is 2.76. The zero-order valence-corrected chi connectivity index (χ0v) is 12.3. The molecule has 2 aliphatic rings. The van der Waals surface area contributed by atoms with Gasteiger partial charge in [-0.2, -0.15) is 5.10 Å². The highest BCUT2D eigenvalue weighted by molar-refractivity contribution is 6.22. The molecule has 3 rings (SSSR count). The summed E-state index contributed by atoms with van der Waals surface area (Å²) in [6.45, 7) is 0.351. The molecule has 3 amide bonds. The summed E-state index contributed by atoms with van der Waals surface area (Å²) in [4.78, 5) is 31.7. The number of carbonyl (C=O) groups excluding carboxylic acids is 2. The minimum atomic E-state index is -1.45. The summed E-state index contributed by atoms with van der Waals surface area (Å²) in [5, 5.41) is 6.86. The van der Waals surface area contributed by atoms with Gasteiger partial charge in [0.1, 0.15) is 6.34 Å². The quantitative estimate of drug-likeness (QED) is 0.819. The largest absolute Gasteiger partial charge is 0.348 e. The first-order chi connectivity index (χ1) is 10.6. The van der Waals surface area contributed by atoms with Crippen LogP contribution in [0.1, 0.15) is 5.56 Å². The first-order valence-corrected chi connectivity index (χ1v) is 6.78. The van der Waals surface area contributed by atoms with E-state index in [2.05, 4.69) is 20.8 Å². The molecule has 0 aromatic heterocycles. The van der Waals surface area contributed by atoms with Gasteiger partial charge in [-0.05, 0) is 5.56 Å². The van der Waals surface area contributed by atoms with E-state index in [0.717, 1.165) is 5.56 Å². The monoisotopic (exact) mass is 300 g/mol. The van der Waals surface area contributed by atoms with Gasteiger partial charge in [0.05, 0.1) is 0 Å². The van der Waals surface area contributed by atoms with E-state index in [1.54, 1.807) is 7.05 Å². The highest BCUT2D eigenvalue weighted by atomic mass is 16.2. The van der Waals surface area contributed by atoms with Gasteiger partial charge >= 0.3 is 6.03 Å². The summed E-state index contributed by atoms with van der Waals surface area (Å²) in [6.07, 6.45) is 1.31. The van der Waals surface area contributed by atoms with Crippen LogP contribution in [-0.2, 0) is 11.3 Å². The maximum Gasteiger partial charge on any atom is 0.327 e. The summed E-state index contributed by atoms with van der Waals surface area (Å²) >= 11 is 0. The van der Waals surface area contributed by atoms with E-state index in [-0.39, 0.29) is 11.9 Å². The molecule has 2 heterocycles. The molecule has 8 nitrogen and oxygen atoms in total. The number of rotatable bonds is 3. The van der Waals surface area contributed by atoms with Crippen molar-refractivity contribution in [3.05, 3.63) is 35.9 Å². The second-order valence-corrected chi connectivity index (χ2v) is 5.06. The van der Waals surface area contributed by atoms with Crippen LogP contribution in [0.15, 0.2) is 40.4 Å². The fourth-order valence-corrected chi connectivity index (χ4v) is 2.56. The van der Waals surface area contributed by atoms with Crippen molar-refractivity contribution in [2.24, 2.45) is 10.1 Å². The van der Waals surface area contributed by atoms with Crippen LogP contribution < -0.4 is 10.7 Å². The van der Waals surface area contributed by atoms with Crippen molar-refractivity contribution in [3.8, 4) is 0 Å². The lowest BCUT2D eigenvalue weighted by atomic mass is 10.1. The highest BCUT2D eigenvalue weighted by Gasteiger charge is 2.59. The predicted octanol–water partition coefficient (Wildman–Crippen LogP) is -0.0587. The smallest absolute Gasteiger partial charge is 0.327 e. The first-order valence-electron chi connectivity index (χ1n) is 6.78. The first kappa shape index (κ1) is 14.1. The third-order valence-corrected chi connectivity index (χ3v) is 3.78. The molecule has 1 unspecified atom stereocenters. The highest BCUT2D eigenvalue weighted by Crippen LogP contribution is 2.29. The molecule has 0 spiro atoms. The van der Waals surface area contributed by atoms with Gasteiger partial charge in [0, 0.05) is 20.6 Å². The molecule has 8 heteroatoms. The molecule has 0 radical (unpaired) electrons. The van der Waals surface area contributed by atoms with Gasteiger partial charge in [-0.15, -0.1) is 0 Å². The summed E-state index contributed by atoms with van der Waals surface area (Å²) in [6, 6.07) is 9.18. The number of aliphatic imine (C=N–C) groups is 1. The predicted molar refractivity (Wildman–Crippen MR) is 81.0 cm³/mol. The van der Waals surface area contributed by atoms with E-state index in [9.17, 15) is 9.59 Å². The van der Waals surface area contributed by atoms with Crippen molar-refractivity contribution in [3.63, 3.8) is 0 Å². The Morgan fingerprint density at radius 3 is 2.77 bits per heavy atom. The van der Waals surface area contributed by atoms with Crippen molar-refractivity contribution >= 4 is 24.1 Å². The maximum atomic E-state index is 12.7. The lowest BCUT2D eigenvalue weighted by Gasteiger charge is -2.30. The number of nitrogens with one attached hydrogen (secondary N) is 2. The third-order valence-electron chi connectivity index (χ3n) is 3.78. The SMILES string of the molecule is CN1C(=O)N(C)C2(C(=O)NCc3ccccc3)N=CNN=C12. The van der Waals surface area contributed by atoms with Gasteiger partial charge in [-0.25, -0.2) is 9.79 Å². The van der Waals surface area contributed by atoms with Crippen LogP contribution in [0.5, 0.6) is 0 Å². The van der Waals surface area contributed by atoms with Crippen molar-refractivity contribution < 1.29 is 9.59 Å². The Labute approximate surface area is 127 Å². The molecule has 22 heavy (non-hydrogen) atoms. The lowest BCUT2D eigenvalue weighted by Crippen LogP contribution is -2.59. The van der Waals surface area contributed by atoms with Crippen LogP contribution in [0.25, 0.3) is 0 Å². The van der Waals surface area contributed by atoms with Gasteiger partial charge in [-0.1, -0.05) is 30.3 Å². The molecule has 0 saturated carbocycles. The number of nitrogens with zero attached hydrogens (tertiary/aromatic N) is 4. The number of urea groups is 1. The van der Waals surface area contributed by atoms with Crippen LogP contribution in [0.4, 0.5) is 4.79 Å². The van der Waals surface area contributed by atoms with E-state index < -0.39 is 11.6 Å². The molecule has 2 aliphatic heterocycles. The molecular formula is C14H16N6O2. The van der Waals surface area contributed by atoms with Crippen LogP contribution in [0.3, 0.4) is 0 Å². The van der Waals surface area contributed by atoms with Crippen LogP contribution in [-0.4, -0.2) is 53.7 Å². The maximum absolute atomic E-state index is 12.7. The summed E-state index contributed by atoms with van der Waals surface area (Å²) < 4.78 is 0. The molecule has 114 valence electrons. The Morgan fingerprint density at radius 2 is 2.05 bits per heavy atom. The van der Waals surface area contributed by atoms with Crippen LogP contribution >= 0.6 is 0 Å². The summed E-state index contributed by atoms with van der Waals surface area (Å²) in [5.74, 6) is -0.138. The second-order valence-electron chi connectivity index (χ2n) is 5.06. The third kappa shape index (κ3) is 1.92. The van der Waals surface area contributed by atoms with Crippen LogP contribution in [0, 0.1) is 0 Å². The molecule has 0 aliphatic carbocycles. The Balaban J connectivity index is 1.86. The molecule has 1 aromatic carbocycles. The van der Waals surface area contributed by atoms with Gasteiger partial charge < -0.3 is 5.32 Å². The average molecular weight is 300 g/mol. The number of benzene rings is 1. The normalized spacial score (nSPS) is 23.0. The Kier molecular flexibility index (Phi) is 3.28. The minimum Gasteiger partial charge on any atom is -0.348 e. The topological polar surface area (TPSA) is 89.4 Å². The van der Waals surface area contributed by atoms with E-state index in [1.165, 1.54) is 23.2 Å². The Morgan fingerprint density at radius 1 is 1.32 bits per heavy atom. The van der Waals surface area contributed by atoms with E-state index in [1.807, 2.05) is 30.3 Å². The van der Waals surface area contributed by atoms with Gasteiger partial charge in [0.25, 0.3) is 11.6 Å². The zero-order valence-electron chi connectivity index (χ0n) is 12.3. The Hall–Kier alpha value is -2.90. The number of amidine groups is 1. The van der Waals surface area contributed by atoms with E-state index in [4.69, 9.17) is 0 Å². The Bertz CT molecular complexity index is 671. The fourth-order valence-electron chi connectivity index (χ4n) is 2.56. The number of fused-ring (bicyclic) bond motifs is 1. The van der Waals surface area contributed by atoms with E-state index in [0.29, 0.717) is 6.54 Å². The second kappa shape index (κ2) is 5.14. The van der Waals surface area contributed by atoms with Crippen molar-refractivity contribution in [2.45, 2.75) is 12.2 Å². The van der Waals surface area contributed by atoms with Gasteiger partial charge in [0.15, 0.2) is 5.84 Å². The molecule has 0 bridgehead atoms. The molecule has 1 fully saturated rings. The molecule has 1 saturated heterocycles. The number of hydrogen-bond donors (Lipinski definition) is 2. The van der Waals surface area contributed by atoms with Gasteiger partial charge in [0.2, 0.25) is 0 Å². The van der Waals surface area contributed by atoms with Crippen LogP contribution in [0.2, 0.25) is 0 Å². The number of amides is 3. The lowest BCUT2D eigenvalue weighted by molar-refractivity contribution is -0.127. The van der Waals surface area contributed by atoms with Crippen molar-refractivity contribution in [2.75, 3.05) is 14.1 Å². The van der Waals surface area contributed by atoms with Crippen molar-refractivity contribution in [1.29, 1.82) is 0 Å². The molecule has 1 atom stereocenters. The minimum absolute atomic E-state index is 0.257.